The lowest BCUT2D eigenvalue weighted by atomic mass is 10.1. The first-order valence-electron chi connectivity index (χ1n) is 4.65. The molecule has 0 aromatic carbocycles. The third-order valence-corrected chi connectivity index (χ3v) is 3.20. The molecule has 1 aromatic rings. The molecule has 1 aromatic heterocycles. The SMILES string of the molecule is CCCC[C@H](N)c1ccc([N+](=O)[O-])s1.Cl. The predicted octanol–water partition coefficient (Wildman–Crippen LogP) is 3.27. The van der Waals surface area contributed by atoms with Gasteiger partial charge in [0.15, 0.2) is 0 Å². The number of hydrogen-bond donors (Lipinski definition) is 1. The van der Waals surface area contributed by atoms with Gasteiger partial charge in [0, 0.05) is 17.0 Å². The Morgan fingerprint density at radius 1 is 1.60 bits per heavy atom. The molecule has 0 fully saturated rings. The zero-order chi connectivity index (χ0) is 10.6. The Bertz CT molecular complexity index is 317. The summed E-state index contributed by atoms with van der Waals surface area (Å²) in [5.41, 5.74) is 5.88. The highest BCUT2D eigenvalue weighted by atomic mass is 35.5. The van der Waals surface area contributed by atoms with E-state index in [1.54, 1.807) is 6.07 Å². The van der Waals surface area contributed by atoms with Crippen LogP contribution in [0.1, 0.15) is 37.1 Å². The fourth-order valence-corrected chi connectivity index (χ4v) is 2.06. The zero-order valence-corrected chi connectivity index (χ0v) is 10.1. The summed E-state index contributed by atoms with van der Waals surface area (Å²) in [5, 5.41) is 10.6. The Hall–Kier alpha value is -0.650. The molecule has 0 bridgehead atoms. The van der Waals surface area contributed by atoms with Crippen LogP contribution in [0.3, 0.4) is 0 Å². The molecule has 0 saturated carbocycles. The van der Waals surface area contributed by atoms with Crippen LogP contribution >= 0.6 is 23.7 Å². The number of unbranched alkanes of at least 4 members (excludes halogenated alkanes) is 1. The smallest absolute Gasteiger partial charge is 0.323 e. The standard InChI is InChI=1S/C9H14N2O2S.ClH/c1-2-3-4-7(10)8-5-6-9(14-8)11(12)13;/h5-7H,2-4,10H2,1H3;1H/t7-;/m0./s1. The van der Waals surface area contributed by atoms with Gasteiger partial charge in [0.1, 0.15) is 0 Å². The molecule has 1 heterocycles. The quantitative estimate of drug-likeness (QED) is 0.644. The maximum Gasteiger partial charge on any atom is 0.324 e. The van der Waals surface area contributed by atoms with E-state index in [1.807, 2.05) is 0 Å². The van der Waals surface area contributed by atoms with Gasteiger partial charge < -0.3 is 5.73 Å². The topological polar surface area (TPSA) is 69.2 Å². The van der Waals surface area contributed by atoms with E-state index >= 15 is 0 Å². The maximum absolute atomic E-state index is 10.4. The summed E-state index contributed by atoms with van der Waals surface area (Å²) in [7, 11) is 0. The van der Waals surface area contributed by atoms with Crippen LogP contribution in [0.15, 0.2) is 12.1 Å². The maximum atomic E-state index is 10.4. The molecule has 86 valence electrons. The molecule has 6 heteroatoms. The average Bonchev–Trinajstić information content (AvgIpc) is 2.62. The van der Waals surface area contributed by atoms with Crippen LogP contribution in [0.2, 0.25) is 0 Å². The van der Waals surface area contributed by atoms with Crippen molar-refractivity contribution >= 4 is 28.7 Å². The Balaban J connectivity index is 0.00000196. The van der Waals surface area contributed by atoms with Gasteiger partial charge in [-0.15, -0.1) is 12.4 Å². The summed E-state index contributed by atoms with van der Waals surface area (Å²) >= 11 is 1.18. The lowest BCUT2D eigenvalue weighted by Gasteiger charge is -2.06. The van der Waals surface area contributed by atoms with Crippen LogP contribution in [0, 0.1) is 10.1 Å². The van der Waals surface area contributed by atoms with Crippen molar-refractivity contribution in [2.45, 2.75) is 32.2 Å². The van der Waals surface area contributed by atoms with E-state index in [9.17, 15) is 10.1 Å². The molecule has 0 aliphatic rings. The lowest BCUT2D eigenvalue weighted by molar-refractivity contribution is -0.380. The minimum atomic E-state index is -0.374. The first kappa shape index (κ1) is 14.3. The normalized spacial score (nSPS) is 11.9. The molecule has 4 nitrogen and oxygen atoms in total. The van der Waals surface area contributed by atoms with Gasteiger partial charge in [0.2, 0.25) is 0 Å². The molecule has 0 amide bonds. The molecule has 0 aliphatic heterocycles. The van der Waals surface area contributed by atoms with Crippen molar-refractivity contribution in [3.63, 3.8) is 0 Å². The van der Waals surface area contributed by atoms with Gasteiger partial charge in [-0.25, -0.2) is 0 Å². The number of hydrogen-bond acceptors (Lipinski definition) is 4. The van der Waals surface area contributed by atoms with Crippen molar-refractivity contribution in [2.75, 3.05) is 0 Å². The minimum Gasteiger partial charge on any atom is -0.323 e. The van der Waals surface area contributed by atoms with Crippen molar-refractivity contribution in [3.8, 4) is 0 Å². The van der Waals surface area contributed by atoms with Gasteiger partial charge in [-0.3, -0.25) is 10.1 Å². The van der Waals surface area contributed by atoms with Gasteiger partial charge in [0.25, 0.3) is 0 Å². The van der Waals surface area contributed by atoms with E-state index in [2.05, 4.69) is 6.92 Å². The largest absolute Gasteiger partial charge is 0.324 e. The highest BCUT2D eigenvalue weighted by Gasteiger charge is 2.14. The van der Waals surface area contributed by atoms with Crippen LogP contribution in [-0.4, -0.2) is 4.92 Å². The third kappa shape index (κ3) is 4.15. The van der Waals surface area contributed by atoms with Crippen molar-refractivity contribution in [3.05, 3.63) is 27.1 Å². The summed E-state index contributed by atoms with van der Waals surface area (Å²) < 4.78 is 0. The second-order valence-electron chi connectivity index (χ2n) is 3.18. The fourth-order valence-electron chi connectivity index (χ4n) is 1.21. The molecule has 0 radical (unpaired) electrons. The van der Waals surface area contributed by atoms with E-state index in [0.29, 0.717) is 0 Å². The van der Waals surface area contributed by atoms with Crippen molar-refractivity contribution in [2.24, 2.45) is 5.73 Å². The van der Waals surface area contributed by atoms with Crippen LogP contribution in [0.4, 0.5) is 5.00 Å². The molecule has 1 rings (SSSR count). The van der Waals surface area contributed by atoms with Crippen molar-refractivity contribution < 1.29 is 4.92 Å². The van der Waals surface area contributed by atoms with E-state index in [1.165, 1.54) is 17.4 Å². The summed E-state index contributed by atoms with van der Waals surface area (Å²) in [6.07, 6.45) is 3.06. The van der Waals surface area contributed by atoms with E-state index in [4.69, 9.17) is 5.73 Å². The van der Waals surface area contributed by atoms with Gasteiger partial charge in [0.05, 0.1) is 4.92 Å². The first-order valence-corrected chi connectivity index (χ1v) is 5.46. The number of nitro groups is 1. The van der Waals surface area contributed by atoms with Crippen LogP contribution in [-0.2, 0) is 0 Å². The second kappa shape index (κ2) is 6.76. The Morgan fingerprint density at radius 3 is 2.73 bits per heavy atom. The lowest BCUT2D eigenvalue weighted by Crippen LogP contribution is -2.07. The first-order chi connectivity index (χ1) is 6.65. The number of halogens is 1. The fraction of sp³-hybridized carbons (Fsp3) is 0.556. The Morgan fingerprint density at radius 2 is 2.27 bits per heavy atom. The summed E-state index contributed by atoms with van der Waals surface area (Å²) in [6, 6.07) is 3.23. The predicted molar refractivity (Wildman–Crippen MR) is 64.7 cm³/mol. The summed E-state index contributed by atoms with van der Waals surface area (Å²) in [4.78, 5) is 11.0. The Kier molecular flexibility index (Phi) is 6.47. The molecular formula is C9H15ClN2O2S. The van der Waals surface area contributed by atoms with Gasteiger partial charge >= 0.3 is 5.00 Å². The van der Waals surface area contributed by atoms with Crippen LogP contribution < -0.4 is 5.73 Å². The van der Waals surface area contributed by atoms with Gasteiger partial charge in [-0.2, -0.15) is 0 Å². The van der Waals surface area contributed by atoms with Crippen LogP contribution in [0.5, 0.6) is 0 Å². The van der Waals surface area contributed by atoms with Crippen molar-refractivity contribution in [1.29, 1.82) is 0 Å². The highest BCUT2D eigenvalue weighted by Crippen LogP contribution is 2.29. The summed E-state index contributed by atoms with van der Waals surface area (Å²) in [6.45, 7) is 2.10. The molecule has 0 spiro atoms. The average molecular weight is 251 g/mol. The van der Waals surface area contributed by atoms with E-state index < -0.39 is 0 Å². The molecule has 0 aliphatic carbocycles. The second-order valence-corrected chi connectivity index (χ2v) is 4.28. The number of thiophene rings is 1. The van der Waals surface area contributed by atoms with E-state index in [-0.39, 0.29) is 28.4 Å². The third-order valence-electron chi connectivity index (χ3n) is 2.03. The highest BCUT2D eigenvalue weighted by molar-refractivity contribution is 7.15. The zero-order valence-electron chi connectivity index (χ0n) is 8.51. The van der Waals surface area contributed by atoms with Gasteiger partial charge in [-0.1, -0.05) is 31.1 Å². The van der Waals surface area contributed by atoms with Crippen LogP contribution in [0.25, 0.3) is 0 Å². The molecule has 0 saturated heterocycles. The molecule has 0 unspecified atom stereocenters. The molecule has 15 heavy (non-hydrogen) atoms. The molecular weight excluding hydrogens is 236 g/mol. The molecule has 1 atom stereocenters. The van der Waals surface area contributed by atoms with E-state index in [0.717, 1.165) is 24.1 Å². The number of nitrogens with two attached hydrogens (primary N) is 1. The monoisotopic (exact) mass is 250 g/mol. The Labute approximate surface area is 99.0 Å². The number of rotatable bonds is 5. The minimum absolute atomic E-state index is 0. The van der Waals surface area contributed by atoms with Gasteiger partial charge in [-0.05, 0) is 12.5 Å². The molecule has 2 N–H and O–H groups in total. The van der Waals surface area contributed by atoms with Crippen molar-refractivity contribution in [1.82, 2.24) is 0 Å². The summed E-state index contributed by atoms with van der Waals surface area (Å²) in [5.74, 6) is 0. The number of nitrogens with zero attached hydrogens (tertiary/aromatic N) is 1.